The number of para-hydroxylation sites is 2. The molecule has 2 aliphatic carbocycles. The van der Waals surface area contributed by atoms with Crippen molar-refractivity contribution in [3.63, 3.8) is 0 Å². The Kier molecular flexibility index (Phi) is 4.70. The minimum absolute atomic E-state index is 0.0196. The lowest BCUT2D eigenvalue weighted by atomic mass is 9.41. The highest BCUT2D eigenvalue weighted by Crippen LogP contribution is 2.81. The van der Waals surface area contributed by atoms with E-state index in [-0.39, 0.29) is 51.4 Å². The normalized spacial score (nSPS) is 52.1. The number of benzene rings is 2. The molecule has 0 amide bonds. The standard InChI is InChI=1S/C42H46N4O5/c1-3-37-18-23-19-39-22-46-28-11-7-5-9-26(28)41(13-15-44(34(37)41)21-29-31(37)50-29)42(23,46)51-36(39)45-16-12-40-25-8-4-6-10-27(25)43-30(40)24(32(47)48-2)20-38(33(40)45)14-17-49-35(38)39/h4-11,23,29,31,33-36,43H,3,12-22H2,1-2H3/t23-,29+,31+,33-,34-,35+,36+,37+,38-,39+,40-,41+,42+/m0/s1. The Hall–Kier alpha value is -2.95. The van der Waals surface area contributed by atoms with Gasteiger partial charge >= 0.3 is 5.97 Å². The molecule has 13 atom stereocenters. The highest BCUT2D eigenvalue weighted by molar-refractivity contribution is 5.93. The monoisotopic (exact) mass is 686 g/mol. The topological polar surface area (TPSA) is 79.0 Å². The summed E-state index contributed by atoms with van der Waals surface area (Å²) in [5.74, 6) is 0.177. The average molecular weight is 687 g/mol. The molecule has 2 bridgehead atoms. The zero-order chi connectivity index (χ0) is 33.5. The van der Waals surface area contributed by atoms with E-state index in [1.807, 2.05) is 0 Å². The Labute approximate surface area is 298 Å². The first-order valence-corrected chi connectivity index (χ1v) is 19.9. The Morgan fingerprint density at radius 1 is 1.00 bits per heavy atom. The molecule has 0 unspecified atom stereocenters. The number of methoxy groups -OCH3 is 1. The van der Waals surface area contributed by atoms with Gasteiger partial charge in [-0.15, -0.1) is 0 Å². The maximum Gasteiger partial charge on any atom is 0.335 e. The Morgan fingerprint density at radius 2 is 1.86 bits per heavy atom. The molecular formula is C42H46N4O5. The van der Waals surface area contributed by atoms with Crippen molar-refractivity contribution in [1.82, 2.24) is 9.80 Å². The number of piperidine rings is 3. The SMILES string of the molecule is CC[C@@]12C[C@H]3C[C@]45CN6c7ccccc7[C@@]7(CCN(C[C@H]8O[C@H]81)[C@@H]27)[C@]36O[C@H]4N1CC[C@]23C(=C(C(=O)OC)C[C@@]4(CCO[C@@H]54)[C@H]12)Nc1ccccc13. The van der Waals surface area contributed by atoms with Gasteiger partial charge in [-0.2, -0.15) is 0 Å². The zero-order valence-electron chi connectivity index (χ0n) is 29.5. The summed E-state index contributed by atoms with van der Waals surface area (Å²) < 4.78 is 27.9. The molecule has 0 aromatic heterocycles. The minimum Gasteiger partial charge on any atom is -0.466 e. The molecule has 2 aromatic rings. The van der Waals surface area contributed by atoms with Crippen LogP contribution in [0, 0.1) is 22.2 Å². The van der Waals surface area contributed by atoms with Gasteiger partial charge in [0.1, 0.15) is 6.23 Å². The molecule has 51 heavy (non-hydrogen) atoms. The molecule has 1 N–H and O–H groups in total. The third-order valence-electron chi connectivity index (χ3n) is 17.8. The Bertz CT molecular complexity index is 2060. The second-order valence-electron chi connectivity index (χ2n) is 18.7. The highest BCUT2D eigenvalue weighted by Gasteiger charge is 2.89. The van der Waals surface area contributed by atoms with Crippen LogP contribution in [-0.4, -0.2) is 98.0 Å². The molecule has 9 heteroatoms. The van der Waals surface area contributed by atoms with Gasteiger partial charge in [-0.05, 0) is 74.8 Å². The molecule has 0 radical (unpaired) electrons. The first-order chi connectivity index (χ1) is 24.9. The van der Waals surface area contributed by atoms with Crippen LogP contribution < -0.4 is 10.2 Å². The molecule has 9 saturated heterocycles. The van der Waals surface area contributed by atoms with E-state index in [1.165, 1.54) is 16.8 Å². The van der Waals surface area contributed by atoms with E-state index < -0.39 is 5.72 Å². The number of hydrogen-bond donors (Lipinski definition) is 1. The van der Waals surface area contributed by atoms with Gasteiger partial charge in [-0.1, -0.05) is 43.3 Å². The van der Waals surface area contributed by atoms with Gasteiger partial charge in [0.25, 0.3) is 0 Å². The molecule has 264 valence electrons. The van der Waals surface area contributed by atoms with E-state index in [0.717, 1.165) is 88.3 Å². The van der Waals surface area contributed by atoms with Crippen LogP contribution in [0.4, 0.5) is 11.4 Å². The van der Waals surface area contributed by atoms with Crippen molar-refractivity contribution in [2.75, 3.05) is 50.1 Å². The van der Waals surface area contributed by atoms with Crippen molar-refractivity contribution in [1.29, 1.82) is 0 Å². The maximum absolute atomic E-state index is 13.9. The van der Waals surface area contributed by atoms with E-state index in [1.54, 1.807) is 7.11 Å². The van der Waals surface area contributed by atoms with E-state index >= 15 is 0 Å². The van der Waals surface area contributed by atoms with Crippen LogP contribution in [0.2, 0.25) is 0 Å². The lowest BCUT2D eigenvalue weighted by Gasteiger charge is -2.77. The van der Waals surface area contributed by atoms with Crippen LogP contribution in [-0.2, 0) is 34.6 Å². The van der Waals surface area contributed by atoms with E-state index in [0.29, 0.717) is 30.6 Å². The van der Waals surface area contributed by atoms with Gasteiger partial charge in [-0.25, -0.2) is 4.79 Å². The van der Waals surface area contributed by atoms with Crippen LogP contribution >= 0.6 is 0 Å². The molecule has 11 aliphatic heterocycles. The lowest BCUT2D eigenvalue weighted by Crippen LogP contribution is -2.88. The number of nitrogens with zero attached hydrogens (tertiary/aromatic N) is 3. The quantitative estimate of drug-likeness (QED) is 0.363. The van der Waals surface area contributed by atoms with Crippen LogP contribution in [0.25, 0.3) is 0 Å². The molecule has 9 nitrogen and oxygen atoms in total. The number of ether oxygens (including phenoxy) is 4. The average Bonchev–Trinajstić information content (AvgIpc) is 3.54. The van der Waals surface area contributed by atoms with E-state index in [4.69, 9.17) is 18.9 Å². The van der Waals surface area contributed by atoms with Crippen molar-refractivity contribution >= 4 is 17.3 Å². The number of hydrogen-bond acceptors (Lipinski definition) is 9. The fraction of sp³-hybridized carbons (Fsp3) is 0.643. The highest BCUT2D eigenvalue weighted by atomic mass is 16.6. The number of anilines is 2. The maximum atomic E-state index is 13.9. The van der Waals surface area contributed by atoms with Crippen molar-refractivity contribution < 1.29 is 23.7 Å². The molecule has 2 aromatic carbocycles. The number of fused-ring (bicyclic) bond motifs is 4. The summed E-state index contributed by atoms with van der Waals surface area (Å²) in [5.41, 5.74) is 6.15. The summed E-state index contributed by atoms with van der Waals surface area (Å²) in [6.07, 6.45) is 7.82. The second kappa shape index (κ2) is 8.39. The number of rotatable bonds is 2. The summed E-state index contributed by atoms with van der Waals surface area (Å²) in [5, 5.41) is 3.83. The van der Waals surface area contributed by atoms with Crippen LogP contribution in [0.1, 0.15) is 63.0 Å². The third kappa shape index (κ3) is 2.56. The van der Waals surface area contributed by atoms with Gasteiger partial charge in [0, 0.05) is 72.1 Å². The Balaban J connectivity index is 1.02. The first kappa shape index (κ1) is 28.5. The van der Waals surface area contributed by atoms with Crippen molar-refractivity contribution in [2.24, 2.45) is 22.2 Å². The molecule has 13 aliphatic rings. The largest absolute Gasteiger partial charge is 0.466 e. The fourth-order valence-corrected chi connectivity index (χ4v) is 17.0. The second-order valence-corrected chi connectivity index (χ2v) is 18.7. The molecule has 11 heterocycles. The van der Waals surface area contributed by atoms with E-state index in [9.17, 15) is 4.79 Å². The molecule has 5 spiro atoms. The summed E-state index contributed by atoms with van der Waals surface area (Å²) >= 11 is 0. The minimum atomic E-state index is -0.395. The predicted molar refractivity (Wildman–Crippen MR) is 187 cm³/mol. The van der Waals surface area contributed by atoms with Gasteiger partial charge in [0.15, 0.2) is 5.72 Å². The summed E-state index contributed by atoms with van der Waals surface area (Å²) in [7, 11) is 1.55. The number of carbonyl (C=O) groups excluding carboxylic acids is 1. The van der Waals surface area contributed by atoms with Crippen LogP contribution in [0.15, 0.2) is 59.8 Å². The van der Waals surface area contributed by atoms with Crippen molar-refractivity contribution in [3.05, 3.63) is 70.9 Å². The number of carbonyl (C=O) groups is 1. The molecule has 1 saturated carbocycles. The third-order valence-corrected chi connectivity index (χ3v) is 17.8. The van der Waals surface area contributed by atoms with Gasteiger partial charge < -0.3 is 29.2 Å². The van der Waals surface area contributed by atoms with Crippen molar-refractivity contribution in [3.8, 4) is 0 Å². The van der Waals surface area contributed by atoms with Crippen LogP contribution in [0.3, 0.4) is 0 Å². The van der Waals surface area contributed by atoms with Gasteiger partial charge in [0.2, 0.25) is 0 Å². The van der Waals surface area contributed by atoms with Gasteiger partial charge in [0.05, 0.1) is 47.2 Å². The van der Waals surface area contributed by atoms with Gasteiger partial charge in [-0.3, -0.25) is 9.80 Å². The first-order valence-electron chi connectivity index (χ1n) is 19.9. The summed E-state index contributed by atoms with van der Waals surface area (Å²) in [6, 6.07) is 18.9. The fourth-order valence-electron chi connectivity index (χ4n) is 17.0. The molecular weight excluding hydrogens is 640 g/mol. The predicted octanol–water partition coefficient (Wildman–Crippen LogP) is 4.52. The number of esters is 1. The summed E-state index contributed by atoms with van der Waals surface area (Å²) in [4.78, 5) is 22.5. The number of nitrogens with one attached hydrogen (secondary N) is 1. The number of epoxide rings is 1. The smallest absolute Gasteiger partial charge is 0.335 e. The van der Waals surface area contributed by atoms with E-state index in [2.05, 4.69) is 75.5 Å². The Morgan fingerprint density at radius 3 is 2.75 bits per heavy atom. The van der Waals surface area contributed by atoms with Crippen LogP contribution in [0.5, 0.6) is 0 Å². The molecule has 10 fully saturated rings. The molecule has 15 rings (SSSR count). The zero-order valence-corrected chi connectivity index (χ0v) is 29.5. The summed E-state index contributed by atoms with van der Waals surface area (Å²) in [6.45, 7) is 7.25. The van der Waals surface area contributed by atoms with Crippen molar-refractivity contribution in [2.45, 2.75) is 105 Å². The lowest BCUT2D eigenvalue weighted by molar-refractivity contribution is -0.377.